The summed E-state index contributed by atoms with van der Waals surface area (Å²) >= 11 is 1.53. The van der Waals surface area contributed by atoms with Gasteiger partial charge in [0.1, 0.15) is 0 Å². The van der Waals surface area contributed by atoms with E-state index in [0.29, 0.717) is 11.4 Å². The number of halogens is 1. The Morgan fingerprint density at radius 3 is 2.80 bits per heavy atom. The second-order valence-electron chi connectivity index (χ2n) is 4.83. The van der Waals surface area contributed by atoms with Crippen LogP contribution in [-0.2, 0) is 10.0 Å². The Labute approximate surface area is 131 Å². The summed E-state index contributed by atoms with van der Waals surface area (Å²) in [5, 5.41) is 0. The van der Waals surface area contributed by atoms with Crippen molar-refractivity contribution in [3.63, 3.8) is 0 Å². The van der Waals surface area contributed by atoms with Gasteiger partial charge in [0.2, 0.25) is 10.0 Å². The van der Waals surface area contributed by atoms with E-state index in [1.165, 1.54) is 11.8 Å². The summed E-state index contributed by atoms with van der Waals surface area (Å²) in [6.45, 7) is 0.540. The topological polar surface area (TPSA) is 72.2 Å². The van der Waals surface area contributed by atoms with E-state index >= 15 is 0 Å². The average Bonchev–Trinajstić information content (AvgIpc) is 2.85. The van der Waals surface area contributed by atoms with Gasteiger partial charge >= 0.3 is 0 Å². The predicted octanol–water partition coefficient (Wildman–Crippen LogP) is 2.24. The first kappa shape index (κ1) is 17.8. The summed E-state index contributed by atoms with van der Waals surface area (Å²) in [6, 6.07) is 7.00. The van der Waals surface area contributed by atoms with Crippen LogP contribution in [0.5, 0.6) is 0 Å². The molecule has 1 aliphatic rings. The van der Waals surface area contributed by atoms with Gasteiger partial charge in [-0.15, -0.1) is 24.2 Å². The fraction of sp³-hybridized carbons (Fsp3) is 0.538. The number of hydrogen-bond acceptors (Lipinski definition) is 4. The molecular formula is C13H21ClN2O2S2. The SMILES string of the molecule is CSc1cccc(S(=O)(=O)NC2CCCC2CN)c1.Cl. The van der Waals surface area contributed by atoms with Gasteiger partial charge in [-0.2, -0.15) is 0 Å². The smallest absolute Gasteiger partial charge is 0.240 e. The number of rotatable bonds is 5. The highest BCUT2D eigenvalue weighted by molar-refractivity contribution is 7.98. The van der Waals surface area contributed by atoms with E-state index < -0.39 is 10.0 Å². The number of nitrogens with one attached hydrogen (secondary N) is 1. The molecule has 0 bridgehead atoms. The fourth-order valence-electron chi connectivity index (χ4n) is 2.51. The van der Waals surface area contributed by atoms with E-state index in [2.05, 4.69) is 4.72 Å². The van der Waals surface area contributed by atoms with Crippen LogP contribution in [0.4, 0.5) is 0 Å². The highest BCUT2D eigenvalue weighted by Gasteiger charge is 2.30. The number of sulfonamides is 1. The van der Waals surface area contributed by atoms with Crippen molar-refractivity contribution in [2.24, 2.45) is 11.7 Å². The zero-order chi connectivity index (χ0) is 13.9. The van der Waals surface area contributed by atoms with Gasteiger partial charge in [-0.3, -0.25) is 0 Å². The summed E-state index contributed by atoms with van der Waals surface area (Å²) in [6.07, 6.45) is 4.86. The van der Waals surface area contributed by atoms with Gasteiger partial charge in [0.15, 0.2) is 0 Å². The molecule has 0 aromatic heterocycles. The van der Waals surface area contributed by atoms with Crippen LogP contribution >= 0.6 is 24.2 Å². The highest BCUT2D eigenvalue weighted by Crippen LogP contribution is 2.27. The normalized spacial score (nSPS) is 22.5. The molecule has 1 saturated carbocycles. The molecular weight excluding hydrogens is 316 g/mol. The number of thioether (sulfide) groups is 1. The molecule has 0 radical (unpaired) electrons. The van der Waals surface area contributed by atoms with Gasteiger partial charge in [-0.25, -0.2) is 13.1 Å². The highest BCUT2D eigenvalue weighted by atomic mass is 35.5. The van der Waals surface area contributed by atoms with Crippen molar-refractivity contribution in [3.8, 4) is 0 Å². The lowest BCUT2D eigenvalue weighted by molar-refractivity contribution is 0.453. The molecule has 2 atom stereocenters. The molecule has 114 valence electrons. The van der Waals surface area contributed by atoms with Gasteiger partial charge in [0.05, 0.1) is 4.90 Å². The molecule has 0 amide bonds. The van der Waals surface area contributed by atoms with Crippen molar-refractivity contribution in [1.29, 1.82) is 0 Å². The monoisotopic (exact) mass is 336 g/mol. The summed E-state index contributed by atoms with van der Waals surface area (Å²) < 4.78 is 27.5. The lowest BCUT2D eigenvalue weighted by atomic mass is 10.1. The van der Waals surface area contributed by atoms with Gasteiger partial charge in [-0.1, -0.05) is 12.5 Å². The van der Waals surface area contributed by atoms with Crippen molar-refractivity contribution in [2.75, 3.05) is 12.8 Å². The number of hydrogen-bond donors (Lipinski definition) is 2. The van der Waals surface area contributed by atoms with Crippen LogP contribution in [0.1, 0.15) is 19.3 Å². The molecule has 0 aliphatic heterocycles. The summed E-state index contributed by atoms with van der Waals surface area (Å²) in [7, 11) is -3.44. The van der Waals surface area contributed by atoms with Crippen LogP contribution in [0.15, 0.2) is 34.1 Å². The molecule has 20 heavy (non-hydrogen) atoms. The maximum Gasteiger partial charge on any atom is 0.240 e. The Morgan fingerprint density at radius 1 is 1.40 bits per heavy atom. The molecule has 1 aromatic carbocycles. The third kappa shape index (κ3) is 4.11. The Balaban J connectivity index is 0.00000200. The molecule has 1 aliphatic carbocycles. The predicted molar refractivity (Wildman–Crippen MR) is 86.0 cm³/mol. The third-order valence-electron chi connectivity index (χ3n) is 3.62. The van der Waals surface area contributed by atoms with E-state index in [1.54, 1.807) is 18.2 Å². The Hall–Kier alpha value is -0.270. The maximum absolute atomic E-state index is 12.4. The maximum atomic E-state index is 12.4. The molecule has 1 fully saturated rings. The third-order valence-corrected chi connectivity index (χ3v) is 5.83. The van der Waals surface area contributed by atoms with E-state index in [0.717, 1.165) is 24.2 Å². The minimum absolute atomic E-state index is 0. The summed E-state index contributed by atoms with van der Waals surface area (Å²) in [5.41, 5.74) is 5.69. The molecule has 0 saturated heterocycles. The van der Waals surface area contributed by atoms with Gasteiger partial charge < -0.3 is 5.73 Å². The Kier molecular flexibility index (Phi) is 6.81. The van der Waals surface area contributed by atoms with Crippen LogP contribution in [0.25, 0.3) is 0 Å². The first-order valence-electron chi connectivity index (χ1n) is 6.43. The van der Waals surface area contributed by atoms with Crippen molar-refractivity contribution in [1.82, 2.24) is 4.72 Å². The van der Waals surface area contributed by atoms with E-state index in [-0.39, 0.29) is 24.4 Å². The number of nitrogens with two attached hydrogens (primary N) is 1. The molecule has 0 heterocycles. The molecule has 3 N–H and O–H groups in total. The summed E-state index contributed by atoms with van der Waals surface area (Å²) in [5.74, 6) is 0.263. The van der Waals surface area contributed by atoms with Gasteiger partial charge in [0.25, 0.3) is 0 Å². The summed E-state index contributed by atoms with van der Waals surface area (Å²) in [4.78, 5) is 1.28. The van der Waals surface area contributed by atoms with Crippen LogP contribution in [0.2, 0.25) is 0 Å². The van der Waals surface area contributed by atoms with Crippen molar-refractivity contribution in [3.05, 3.63) is 24.3 Å². The zero-order valence-corrected chi connectivity index (χ0v) is 13.9. The minimum atomic E-state index is -3.44. The zero-order valence-electron chi connectivity index (χ0n) is 11.4. The Bertz CT molecular complexity index is 537. The standard InChI is InChI=1S/C13H20N2O2S2.ClH/c1-18-11-5-3-6-12(8-11)19(16,17)15-13-7-2-4-10(13)9-14;/h3,5-6,8,10,13,15H,2,4,7,9,14H2,1H3;1H. The lowest BCUT2D eigenvalue weighted by Gasteiger charge is -2.19. The van der Waals surface area contributed by atoms with Crippen LogP contribution in [0.3, 0.4) is 0 Å². The molecule has 0 spiro atoms. The second kappa shape index (κ2) is 7.66. The quantitative estimate of drug-likeness (QED) is 0.809. The second-order valence-corrected chi connectivity index (χ2v) is 7.43. The average molecular weight is 337 g/mol. The minimum Gasteiger partial charge on any atom is -0.330 e. The number of benzene rings is 1. The molecule has 2 unspecified atom stereocenters. The van der Waals surface area contributed by atoms with Gasteiger partial charge in [0, 0.05) is 10.9 Å². The van der Waals surface area contributed by atoms with Crippen molar-refractivity contribution >= 4 is 34.2 Å². The van der Waals surface area contributed by atoms with Crippen LogP contribution < -0.4 is 10.5 Å². The molecule has 2 rings (SSSR count). The Morgan fingerprint density at radius 2 is 2.15 bits per heavy atom. The van der Waals surface area contributed by atoms with Crippen molar-refractivity contribution in [2.45, 2.75) is 35.1 Å². The van der Waals surface area contributed by atoms with Gasteiger partial charge in [-0.05, 0) is 49.8 Å². The van der Waals surface area contributed by atoms with Crippen LogP contribution in [-0.4, -0.2) is 27.3 Å². The fourth-order valence-corrected chi connectivity index (χ4v) is 4.43. The molecule has 4 nitrogen and oxygen atoms in total. The largest absolute Gasteiger partial charge is 0.330 e. The van der Waals surface area contributed by atoms with E-state index in [4.69, 9.17) is 5.73 Å². The first-order valence-corrected chi connectivity index (χ1v) is 9.14. The lowest BCUT2D eigenvalue weighted by Crippen LogP contribution is -2.39. The van der Waals surface area contributed by atoms with E-state index in [9.17, 15) is 8.42 Å². The first-order chi connectivity index (χ1) is 9.06. The van der Waals surface area contributed by atoms with Crippen LogP contribution in [0, 0.1) is 5.92 Å². The van der Waals surface area contributed by atoms with E-state index in [1.807, 2.05) is 12.3 Å². The molecule has 1 aromatic rings. The van der Waals surface area contributed by atoms with Crippen molar-refractivity contribution < 1.29 is 8.42 Å². The molecule has 7 heteroatoms.